The maximum atomic E-state index is 12.5. The van der Waals surface area contributed by atoms with Gasteiger partial charge in [-0.3, -0.25) is 14.3 Å². The molecular formula is C24H23N5O3S. The van der Waals surface area contributed by atoms with Crippen LogP contribution in [0.3, 0.4) is 0 Å². The fraction of sp³-hybridized carbons (Fsp3) is 0.167. The second-order valence-electron chi connectivity index (χ2n) is 6.99. The Morgan fingerprint density at radius 1 is 0.909 bits per heavy atom. The van der Waals surface area contributed by atoms with Crippen molar-refractivity contribution < 1.29 is 14.3 Å². The van der Waals surface area contributed by atoms with Crippen LogP contribution in [0.15, 0.2) is 78.2 Å². The third-order valence-corrected chi connectivity index (χ3v) is 5.81. The van der Waals surface area contributed by atoms with Gasteiger partial charge in [0.25, 0.3) is 0 Å². The van der Waals surface area contributed by atoms with Crippen molar-refractivity contribution in [3.8, 4) is 28.6 Å². The third-order valence-electron chi connectivity index (χ3n) is 4.88. The zero-order valence-corrected chi connectivity index (χ0v) is 19.1. The molecule has 2 aromatic heterocycles. The van der Waals surface area contributed by atoms with E-state index in [1.165, 1.54) is 11.8 Å². The molecule has 2 heterocycles. The van der Waals surface area contributed by atoms with E-state index in [1.54, 1.807) is 26.6 Å². The van der Waals surface area contributed by atoms with E-state index in [1.807, 2.05) is 65.2 Å². The SMILES string of the molecule is COc1ccc(CNC(=O)CSc2nnc(-c3ccncc3)n2-c2ccc(OC)cc2)cc1. The number of benzene rings is 2. The molecule has 0 atom stereocenters. The lowest BCUT2D eigenvalue weighted by atomic mass is 10.2. The topological polar surface area (TPSA) is 91.2 Å². The average molecular weight is 462 g/mol. The van der Waals surface area contributed by atoms with Gasteiger partial charge in [-0.25, -0.2) is 0 Å². The van der Waals surface area contributed by atoms with E-state index in [2.05, 4.69) is 20.5 Å². The number of rotatable bonds is 9. The fourth-order valence-electron chi connectivity index (χ4n) is 3.14. The number of methoxy groups -OCH3 is 2. The van der Waals surface area contributed by atoms with Gasteiger partial charge < -0.3 is 14.8 Å². The number of aromatic nitrogens is 4. The molecule has 0 spiro atoms. The first-order valence-electron chi connectivity index (χ1n) is 10.2. The zero-order valence-electron chi connectivity index (χ0n) is 18.3. The van der Waals surface area contributed by atoms with Crippen LogP contribution in [0.4, 0.5) is 0 Å². The summed E-state index contributed by atoms with van der Waals surface area (Å²) in [6, 6.07) is 19.0. The van der Waals surface area contributed by atoms with Crippen molar-refractivity contribution in [2.24, 2.45) is 0 Å². The average Bonchev–Trinajstić information content (AvgIpc) is 3.31. The zero-order chi connectivity index (χ0) is 23.0. The van der Waals surface area contributed by atoms with Crippen LogP contribution in [-0.2, 0) is 11.3 Å². The highest BCUT2D eigenvalue weighted by atomic mass is 32.2. The van der Waals surface area contributed by atoms with Gasteiger partial charge >= 0.3 is 0 Å². The van der Waals surface area contributed by atoms with Gasteiger partial charge in [0, 0.05) is 30.2 Å². The lowest BCUT2D eigenvalue weighted by Gasteiger charge is -2.11. The molecular weight excluding hydrogens is 438 g/mol. The molecule has 0 unspecified atom stereocenters. The molecule has 1 N–H and O–H groups in total. The molecule has 0 bridgehead atoms. The normalized spacial score (nSPS) is 10.6. The molecule has 8 nitrogen and oxygen atoms in total. The molecule has 33 heavy (non-hydrogen) atoms. The first-order valence-corrected chi connectivity index (χ1v) is 11.2. The largest absolute Gasteiger partial charge is 0.497 e. The van der Waals surface area contributed by atoms with Crippen LogP contribution in [-0.4, -0.2) is 45.6 Å². The summed E-state index contributed by atoms with van der Waals surface area (Å²) < 4.78 is 12.4. The Kier molecular flexibility index (Phi) is 7.21. The van der Waals surface area contributed by atoms with Crippen molar-refractivity contribution in [2.75, 3.05) is 20.0 Å². The van der Waals surface area contributed by atoms with Crippen LogP contribution in [0.1, 0.15) is 5.56 Å². The first kappa shape index (κ1) is 22.3. The Hall–Kier alpha value is -3.85. The number of carbonyl (C=O) groups is 1. The highest BCUT2D eigenvalue weighted by Crippen LogP contribution is 2.28. The molecule has 1 amide bonds. The molecule has 4 aromatic rings. The molecule has 9 heteroatoms. The minimum Gasteiger partial charge on any atom is -0.497 e. The molecule has 0 fully saturated rings. The lowest BCUT2D eigenvalue weighted by Crippen LogP contribution is -2.24. The molecule has 0 aliphatic heterocycles. The van der Waals surface area contributed by atoms with Gasteiger partial charge in [-0.1, -0.05) is 23.9 Å². The van der Waals surface area contributed by atoms with E-state index >= 15 is 0 Å². The van der Waals surface area contributed by atoms with Gasteiger partial charge in [0.1, 0.15) is 11.5 Å². The van der Waals surface area contributed by atoms with E-state index < -0.39 is 0 Å². The van der Waals surface area contributed by atoms with E-state index in [9.17, 15) is 4.79 Å². The number of carbonyl (C=O) groups excluding carboxylic acids is 1. The van der Waals surface area contributed by atoms with Crippen LogP contribution in [0.2, 0.25) is 0 Å². The minimum absolute atomic E-state index is 0.0921. The number of nitrogens with zero attached hydrogens (tertiary/aromatic N) is 4. The standard InChI is InChI=1S/C24H23N5O3S/c1-31-20-7-3-17(4-8-20)15-26-22(30)16-33-24-28-27-23(18-11-13-25-14-12-18)29(24)19-5-9-21(32-2)10-6-19/h3-14H,15-16H2,1-2H3,(H,26,30). The Balaban J connectivity index is 1.49. The van der Waals surface area contributed by atoms with Crippen LogP contribution < -0.4 is 14.8 Å². The summed E-state index contributed by atoms with van der Waals surface area (Å²) in [7, 11) is 3.25. The van der Waals surface area contributed by atoms with Gasteiger partial charge in [0.2, 0.25) is 5.91 Å². The van der Waals surface area contributed by atoms with Gasteiger partial charge in [-0.15, -0.1) is 10.2 Å². The van der Waals surface area contributed by atoms with Gasteiger partial charge in [0.05, 0.1) is 20.0 Å². The van der Waals surface area contributed by atoms with E-state index in [0.29, 0.717) is 17.5 Å². The van der Waals surface area contributed by atoms with Crippen LogP contribution in [0.5, 0.6) is 11.5 Å². The molecule has 0 aliphatic rings. The molecule has 2 aromatic carbocycles. The van der Waals surface area contributed by atoms with Crippen molar-refractivity contribution in [3.63, 3.8) is 0 Å². The summed E-state index contributed by atoms with van der Waals surface area (Å²) in [6.45, 7) is 0.441. The quantitative estimate of drug-likeness (QED) is 0.380. The summed E-state index contributed by atoms with van der Waals surface area (Å²) in [5.74, 6) is 2.32. The monoisotopic (exact) mass is 461 g/mol. The van der Waals surface area contributed by atoms with E-state index in [0.717, 1.165) is 28.3 Å². The van der Waals surface area contributed by atoms with Crippen LogP contribution in [0.25, 0.3) is 17.1 Å². The van der Waals surface area contributed by atoms with Crippen LogP contribution >= 0.6 is 11.8 Å². The first-order chi connectivity index (χ1) is 16.2. The van der Waals surface area contributed by atoms with E-state index in [4.69, 9.17) is 9.47 Å². The Morgan fingerprint density at radius 2 is 1.55 bits per heavy atom. The van der Waals surface area contributed by atoms with Crippen molar-refractivity contribution >= 4 is 17.7 Å². The number of hydrogen-bond acceptors (Lipinski definition) is 7. The summed E-state index contributed by atoms with van der Waals surface area (Å²) in [4.78, 5) is 16.6. The molecule has 168 valence electrons. The highest BCUT2D eigenvalue weighted by Gasteiger charge is 2.17. The number of nitrogens with one attached hydrogen (secondary N) is 1. The fourth-order valence-corrected chi connectivity index (χ4v) is 3.92. The van der Waals surface area contributed by atoms with Gasteiger partial charge in [0.15, 0.2) is 11.0 Å². The minimum atomic E-state index is -0.0921. The van der Waals surface area contributed by atoms with Crippen LogP contribution in [0, 0.1) is 0 Å². The van der Waals surface area contributed by atoms with Gasteiger partial charge in [-0.05, 0) is 54.1 Å². The number of ether oxygens (including phenoxy) is 2. The van der Waals surface area contributed by atoms with E-state index in [-0.39, 0.29) is 11.7 Å². The Bertz CT molecular complexity index is 1200. The molecule has 0 aliphatic carbocycles. The third kappa shape index (κ3) is 5.50. The number of amides is 1. The summed E-state index contributed by atoms with van der Waals surface area (Å²) in [5, 5.41) is 12.3. The smallest absolute Gasteiger partial charge is 0.230 e. The lowest BCUT2D eigenvalue weighted by molar-refractivity contribution is -0.118. The Morgan fingerprint density at radius 3 is 2.18 bits per heavy atom. The number of hydrogen-bond donors (Lipinski definition) is 1. The molecule has 0 radical (unpaired) electrons. The van der Waals surface area contributed by atoms with Crippen molar-refractivity contribution in [3.05, 3.63) is 78.6 Å². The Labute approximate surface area is 196 Å². The van der Waals surface area contributed by atoms with Crippen molar-refractivity contribution in [1.29, 1.82) is 0 Å². The maximum absolute atomic E-state index is 12.5. The molecule has 0 saturated heterocycles. The summed E-state index contributed by atoms with van der Waals surface area (Å²) >= 11 is 1.33. The predicted molar refractivity (Wildman–Crippen MR) is 127 cm³/mol. The maximum Gasteiger partial charge on any atom is 0.230 e. The second kappa shape index (κ2) is 10.6. The highest BCUT2D eigenvalue weighted by molar-refractivity contribution is 7.99. The summed E-state index contributed by atoms with van der Waals surface area (Å²) in [6.07, 6.45) is 3.42. The van der Waals surface area contributed by atoms with Crippen molar-refractivity contribution in [2.45, 2.75) is 11.7 Å². The molecule has 0 saturated carbocycles. The van der Waals surface area contributed by atoms with Gasteiger partial charge in [-0.2, -0.15) is 0 Å². The summed E-state index contributed by atoms with van der Waals surface area (Å²) in [5.41, 5.74) is 2.74. The number of pyridine rings is 1. The second-order valence-corrected chi connectivity index (χ2v) is 7.93. The number of thioether (sulfide) groups is 1. The predicted octanol–water partition coefficient (Wildman–Crippen LogP) is 3.76. The van der Waals surface area contributed by atoms with Crippen molar-refractivity contribution in [1.82, 2.24) is 25.1 Å². The molecule has 4 rings (SSSR count).